The zero-order valence-electron chi connectivity index (χ0n) is 12.4. The highest BCUT2D eigenvalue weighted by atomic mass is 35.5. The molecule has 0 aliphatic carbocycles. The maximum Gasteiger partial charge on any atom is 0.140 e. The minimum atomic E-state index is 0.0331. The number of amidine groups is 1. The molecule has 2 aromatic rings. The van der Waals surface area contributed by atoms with Crippen LogP contribution in [0.15, 0.2) is 36.5 Å². The molecular weight excluding hydrogens is 284 g/mol. The predicted molar refractivity (Wildman–Crippen MR) is 88.3 cm³/mol. The van der Waals surface area contributed by atoms with Gasteiger partial charge in [-0.05, 0) is 43.2 Å². The first-order chi connectivity index (χ1) is 9.91. The largest absolute Gasteiger partial charge is 0.384 e. The molecule has 1 heterocycles. The SMILES string of the molecule is Cc1ccnc(N(C)C(C)c2ccc(Cl)cc2)c1C(=N)N. The highest BCUT2D eigenvalue weighted by Gasteiger charge is 2.19. The molecule has 1 atom stereocenters. The quantitative estimate of drug-likeness (QED) is 0.671. The fourth-order valence-corrected chi connectivity index (χ4v) is 2.42. The fourth-order valence-electron chi connectivity index (χ4n) is 2.29. The van der Waals surface area contributed by atoms with Gasteiger partial charge in [0, 0.05) is 18.3 Å². The zero-order valence-corrected chi connectivity index (χ0v) is 13.1. The number of aryl methyl sites for hydroxylation is 1. The minimum absolute atomic E-state index is 0.0331. The highest BCUT2D eigenvalue weighted by molar-refractivity contribution is 6.30. The van der Waals surface area contributed by atoms with Crippen LogP contribution < -0.4 is 10.6 Å². The minimum Gasteiger partial charge on any atom is -0.384 e. The molecule has 0 bridgehead atoms. The Morgan fingerprint density at radius 1 is 1.29 bits per heavy atom. The van der Waals surface area contributed by atoms with Gasteiger partial charge in [-0.3, -0.25) is 5.41 Å². The number of nitrogens with zero attached hydrogens (tertiary/aromatic N) is 2. The van der Waals surface area contributed by atoms with Gasteiger partial charge in [-0.1, -0.05) is 23.7 Å². The average molecular weight is 303 g/mol. The molecule has 2 rings (SSSR count). The molecule has 0 saturated heterocycles. The summed E-state index contributed by atoms with van der Waals surface area (Å²) in [6.07, 6.45) is 1.74. The van der Waals surface area contributed by atoms with Gasteiger partial charge in [0.1, 0.15) is 11.7 Å². The number of rotatable bonds is 4. The summed E-state index contributed by atoms with van der Waals surface area (Å²) in [6.45, 7) is 4.01. The van der Waals surface area contributed by atoms with Crippen molar-refractivity contribution < 1.29 is 0 Å². The number of halogens is 1. The lowest BCUT2D eigenvalue weighted by atomic mass is 10.1. The Kier molecular flexibility index (Phi) is 4.48. The number of nitrogen functional groups attached to an aromatic ring is 1. The summed E-state index contributed by atoms with van der Waals surface area (Å²) < 4.78 is 0. The van der Waals surface area contributed by atoms with Crippen LogP contribution in [0.1, 0.15) is 29.7 Å². The summed E-state index contributed by atoms with van der Waals surface area (Å²) in [4.78, 5) is 6.42. The lowest BCUT2D eigenvalue weighted by Crippen LogP contribution is -2.27. The number of pyridine rings is 1. The van der Waals surface area contributed by atoms with Crippen molar-refractivity contribution >= 4 is 23.3 Å². The van der Waals surface area contributed by atoms with Gasteiger partial charge < -0.3 is 10.6 Å². The molecule has 1 aromatic heterocycles. The summed E-state index contributed by atoms with van der Waals surface area (Å²) in [7, 11) is 1.95. The first-order valence-corrected chi connectivity index (χ1v) is 7.08. The third kappa shape index (κ3) is 3.16. The maximum absolute atomic E-state index is 7.78. The van der Waals surface area contributed by atoms with E-state index in [-0.39, 0.29) is 11.9 Å². The second-order valence-electron chi connectivity index (χ2n) is 5.08. The number of aromatic nitrogens is 1. The van der Waals surface area contributed by atoms with E-state index in [9.17, 15) is 0 Å². The molecule has 4 nitrogen and oxygen atoms in total. The Morgan fingerprint density at radius 2 is 1.90 bits per heavy atom. The highest BCUT2D eigenvalue weighted by Crippen LogP contribution is 2.28. The van der Waals surface area contributed by atoms with Crippen molar-refractivity contribution in [3.8, 4) is 0 Å². The van der Waals surface area contributed by atoms with Crippen molar-refractivity contribution in [1.82, 2.24) is 4.98 Å². The molecule has 5 heteroatoms. The number of nitrogens with two attached hydrogens (primary N) is 1. The number of anilines is 1. The Morgan fingerprint density at radius 3 is 2.48 bits per heavy atom. The van der Waals surface area contributed by atoms with Crippen LogP contribution in [0.2, 0.25) is 5.02 Å². The van der Waals surface area contributed by atoms with Crippen LogP contribution in [0.25, 0.3) is 0 Å². The standard InChI is InChI=1S/C16H19ClN4/c1-10-8-9-20-16(14(10)15(18)19)21(3)11(2)12-4-6-13(17)7-5-12/h4-9,11H,1-3H3,(H3,18,19). The van der Waals surface area contributed by atoms with Gasteiger partial charge in [0.25, 0.3) is 0 Å². The summed E-state index contributed by atoms with van der Waals surface area (Å²) in [5.41, 5.74) is 8.46. The van der Waals surface area contributed by atoms with E-state index in [0.29, 0.717) is 16.4 Å². The molecule has 3 N–H and O–H groups in total. The fraction of sp³-hybridized carbons (Fsp3) is 0.250. The van der Waals surface area contributed by atoms with Gasteiger partial charge in [0.15, 0.2) is 0 Å². The summed E-state index contributed by atoms with van der Waals surface area (Å²) >= 11 is 5.93. The molecule has 0 aliphatic heterocycles. The number of hydrogen-bond acceptors (Lipinski definition) is 3. The van der Waals surface area contributed by atoms with E-state index in [1.54, 1.807) is 6.20 Å². The predicted octanol–water partition coefficient (Wildman–Crippen LogP) is 3.52. The first kappa shape index (κ1) is 15.3. The van der Waals surface area contributed by atoms with E-state index in [1.807, 2.05) is 49.2 Å². The number of benzene rings is 1. The van der Waals surface area contributed by atoms with Crippen LogP contribution in [0.5, 0.6) is 0 Å². The van der Waals surface area contributed by atoms with Crippen molar-refractivity contribution in [2.45, 2.75) is 19.9 Å². The molecule has 0 spiro atoms. The topological polar surface area (TPSA) is 66.0 Å². The molecule has 1 aromatic carbocycles. The van der Waals surface area contributed by atoms with Crippen LogP contribution in [0, 0.1) is 12.3 Å². The second-order valence-corrected chi connectivity index (χ2v) is 5.51. The van der Waals surface area contributed by atoms with Gasteiger partial charge >= 0.3 is 0 Å². The lowest BCUT2D eigenvalue weighted by Gasteiger charge is -2.28. The molecule has 0 aliphatic rings. The summed E-state index contributed by atoms with van der Waals surface area (Å²) in [6, 6.07) is 9.68. The van der Waals surface area contributed by atoms with Crippen LogP contribution >= 0.6 is 11.6 Å². The zero-order chi connectivity index (χ0) is 15.6. The van der Waals surface area contributed by atoms with Gasteiger partial charge in [-0.25, -0.2) is 4.98 Å². The average Bonchev–Trinajstić information content (AvgIpc) is 2.46. The van der Waals surface area contributed by atoms with Crippen LogP contribution in [0.4, 0.5) is 5.82 Å². The van der Waals surface area contributed by atoms with Crippen LogP contribution in [-0.2, 0) is 0 Å². The molecule has 0 amide bonds. The van der Waals surface area contributed by atoms with E-state index in [1.165, 1.54) is 0 Å². The van der Waals surface area contributed by atoms with Gasteiger partial charge in [-0.15, -0.1) is 0 Å². The van der Waals surface area contributed by atoms with Gasteiger partial charge in [0.2, 0.25) is 0 Å². The third-order valence-electron chi connectivity index (χ3n) is 3.68. The van der Waals surface area contributed by atoms with Crippen LogP contribution in [-0.4, -0.2) is 17.9 Å². The summed E-state index contributed by atoms with van der Waals surface area (Å²) in [5.74, 6) is 0.746. The van der Waals surface area contributed by atoms with Crippen LogP contribution in [0.3, 0.4) is 0 Å². The molecule has 1 unspecified atom stereocenters. The molecule has 0 saturated carbocycles. The number of hydrogen-bond donors (Lipinski definition) is 2. The van der Waals surface area contributed by atoms with Crippen molar-refractivity contribution in [1.29, 1.82) is 5.41 Å². The maximum atomic E-state index is 7.78. The van der Waals surface area contributed by atoms with Crippen molar-refractivity contribution in [3.05, 3.63) is 58.2 Å². The summed E-state index contributed by atoms with van der Waals surface area (Å²) in [5, 5.41) is 8.49. The third-order valence-corrected chi connectivity index (χ3v) is 3.93. The van der Waals surface area contributed by atoms with Gasteiger partial charge in [-0.2, -0.15) is 0 Å². The molecular formula is C16H19ClN4. The van der Waals surface area contributed by atoms with E-state index in [4.69, 9.17) is 22.7 Å². The first-order valence-electron chi connectivity index (χ1n) is 6.70. The van der Waals surface area contributed by atoms with E-state index < -0.39 is 0 Å². The van der Waals surface area contributed by atoms with E-state index >= 15 is 0 Å². The Hall–Kier alpha value is -2.07. The number of nitrogens with one attached hydrogen (secondary N) is 1. The Bertz CT molecular complexity index is 652. The molecule has 0 radical (unpaired) electrons. The van der Waals surface area contributed by atoms with Crippen molar-refractivity contribution in [2.75, 3.05) is 11.9 Å². The van der Waals surface area contributed by atoms with Crippen molar-refractivity contribution in [2.24, 2.45) is 5.73 Å². The Balaban J connectivity index is 2.40. The smallest absolute Gasteiger partial charge is 0.140 e. The monoisotopic (exact) mass is 302 g/mol. The normalized spacial score (nSPS) is 12.0. The van der Waals surface area contributed by atoms with Crippen molar-refractivity contribution in [3.63, 3.8) is 0 Å². The Labute approximate surface area is 130 Å². The van der Waals surface area contributed by atoms with E-state index in [2.05, 4.69) is 11.9 Å². The molecule has 0 fully saturated rings. The second kappa shape index (κ2) is 6.14. The molecule has 110 valence electrons. The molecule has 21 heavy (non-hydrogen) atoms. The van der Waals surface area contributed by atoms with Gasteiger partial charge in [0.05, 0.1) is 11.6 Å². The van der Waals surface area contributed by atoms with E-state index in [0.717, 1.165) is 11.1 Å². The lowest BCUT2D eigenvalue weighted by molar-refractivity contribution is 0.727.